The molecule has 0 amide bonds. The van der Waals surface area contributed by atoms with Gasteiger partial charge in [0.1, 0.15) is 0 Å². The molecule has 5 nitrogen and oxygen atoms in total. The van der Waals surface area contributed by atoms with E-state index in [1.165, 1.54) is 51.4 Å². The van der Waals surface area contributed by atoms with Crippen molar-refractivity contribution >= 4 is 118 Å². The van der Waals surface area contributed by atoms with Crippen LogP contribution in [0, 0.1) is 12.1 Å². The van der Waals surface area contributed by atoms with Crippen molar-refractivity contribution in [3.63, 3.8) is 0 Å². The average Bonchev–Trinajstić information content (AvgIpc) is 3.95. The maximum absolute atomic E-state index is 6.52. The van der Waals surface area contributed by atoms with Gasteiger partial charge < -0.3 is 13.5 Å². The zero-order chi connectivity index (χ0) is 31.8. The smallest absolute Gasteiger partial charge is 0.497 e. The number of rotatable bonds is 2. The molecule has 12 rings (SSSR count). The summed E-state index contributed by atoms with van der Waals surface area (Å²) in [7, 11) is 0. The van der Waals surface area contributed by atoms with E-state index in [0.29, 0.717) is 11.5 Å². The quantitative estimate of drug-likeness (QED) is 0.1000. The van der Waals surface area contributed by atoms with Crippen LogP contribution < -0.4 is 4.74 Å². The van der Waals surface area contributed by atoms with Crippen molar-refractivity contribution in [2.45, 2.75) is 0 Å². The van der Waals surface area contributed by atoms with E-state index in [9.17, 15) is 0 Å². The molecule has 0 aliphatic carbocycles. The maximum atomic E-state index is 6.52. The topological polar surface area (TPSA) is 43.8 Å². The summed E-state index contributed by atoms with van der Waals surface area (Å²) < 4.78 is 16.0. The van der Waals surface area contributed by atoms with Crippen molar-refractivity contribution < 1.29 is 25.2 Å². The molecule has 0 fully saturated rings. The van der Waals surface area contributed by atoms with Crippen LogP contribution >= 0.6 is 22.7 Å². The van der Waals surface area contributed by atoms with Gasteiger partial charge in [-0.15, -0.1) is 34.8 Å². The molecule has 0 aliphatic rings. The van der Waals surface area contributed by atoms with Crippen LogP contribution in [0.2, 0.25) is 0 Å². The molecule has 236 valence electrons. The Hall–Kier alpha value is -5.36. The van der Waals surface area contributed by atoms with Crippen molar-refractivity contribution in [1.29, 1.82) is 0 Å². The Balaban J connectivity index is 0.00000300. The number of thiophene rings is 2. The molecule has 6 aromatic heterocycles. The number of imidazole rings is 2. The van der Waals surface area contributed by atoms with Crippen LogP contribution in [0.5, 0.6) is 11.5 Å². The van der Waals surface area contributed by atoms with Gasteiger partial charge in [0.25, 0.3) is 0 Å². The molecule has 50 heavy (non-hydrogen) atoms. The minimum absolute atomic E-state index is 0. The van der Waals surface area contributed by atoms with Crippen molar-refractivity contribution in [3.8, 4) is 11.5 Å². The van der Waals surface area contributed by atoms with E-state index in [1.54, 1.807) is 0 Å². The van der Waals surface area contributed by atoms with E-state index in [0.717, 1.165) is 43.6 Å². The molecule has 0 N–H and O–H groups in total. The van der Waals surface area contributed by atoms with Gasteiger partial charge in [-0.05, 0) is 35.0 Å². The summed E-state index contributed by atoms with van der Waals surface area (Å²) >= 11 is 3.66. The second kappa shape index (κ2) is 10.3. The number of benzene rings is 6. The monoisotopic (exact) mass is 766 g/mol. The Kier molecular flexibility index (Phi) is 5.88. The molecule has 0 saturated carbocycles. The van der Waals surface area contributed by atoms with Gasteiger partial charge in [0.2, 0.25) is 0 Å². The summed E-state index contributed by atoms with van der Waals surface area (Å²) in [5.74, 6) is 1.22. The third-order valence-electron chi connectivity index (χ3n) is 9.88. The molecule has 0 bridgehead atoms. The predicted molar refractivity (Wildman–Crippen MR) is 204 cm³/mol. The van der Waals surface area contributed by atoms with E-state index in [4.69, 9.17) is 14.7 Å². The zero-order valence-electron chi connectivity index (χ0n) is 25.9. The fourth-order valence-corrected chi connectivity index (χ4v) is 10.1. The normalized spacial score (nSPS) is 12.2. The van der Waals surface area contributed by atoms with Crippen molar-refractivity contribution in [3.05, 3.63) is 134 Å². The SMILES string of the molecule is [Pd+2].[c-]1c(Oc2[c-]c3c(cc2)c2ccc4sc5ccccc5c4c2n2ccnc32)ccc2c1c1nccn1c1c2ccc2sc3ccccc3c21. The predicted octanol–water partition coefficient (Wildman–Crippen LogP) is 11.7. The second-order valence-corrected chi connectivity index (χ2v) is 14.6. The molecular formula is C42H20N4OPdS2. The van der Waals surface area contributed by atoms with Crippen LogP contribution in [0.3, 0.4) is 0 Å². The van der Waals surface area contributed by atoms with Crippen LogP contribution in [0.1, 0.15) is 0 Å². The number of hydrogen-bond acceptors (Lipinski definition) is 5. The van der Waals surface area contributed by atoms with Gasteiger partial charge in [0, 0.05) is 87.7 Å². The Labute approximate surface area is 305 Å². The summed E-state index contributed by atoms with van der Waals surface area (Å²) in [5.41, 5.74) is 4.05. The van der Waals surface area contributed by atoms with Gasteiger partial charge in [0.15, 0.2) is 0 Å². The molecule has 0 unspecified atom stereocenters. The summed E-state index contributed by atoms with van der Waals surface area (Å²) in [6.07, 6.45) is 7.84. The molecule has 0 saturated heterocycles. The number of aromatic nitrogens is 4. The van der Waals surface area contributed by atoms with Gasteiger partial charge in [0.05, 0.1) is 11.3 Å². The van der Waals surface area contributed by atoms with E-state index < -0.39 is 0 Å². The van der Waals surface area contributed by atoms with Crippen molar-refractivity contribution in [2.75, 3.05) is 0 Å². The second-order valence-electron chi connectivity index (χ2n) is 12.4. The Morgan fingerprint density at radius 3 is 1.44 bits per heavy atom. The zero-order valence-corrected chi connectivity index (χ0v) is 29.1. The molecule has 0 atom stereocenters. The van der Waals surface area contributed by atoms with Gasteiger partial charge in [-0.1, -0.05) is 94.3 Å². The maximum Gasteiger partial charge on any atom is 2.00 e. The average molecular weight is 767 g/mol. The number of fused-ring (bicyclic) bond motifs is 20. The summed E-state index contributed by atoms with van der Waals surface area (Å²) in [5, 5.41) is 11.4. The summed E-state index contributed by atoms with van der Waals surface area (Å²) in [4.78, 5) is 9.63. The Morgan fingerprint density at radius 1 is 0.480 bits per heavy atom. The molecule has 6 aromatic carbocycles. The molecule has 8 heteroatoms. The number of nitrogens with zero attached hydrogens (tertiary/aromatic N) is 4. The standard InChI is InChI=1S/C42H20N4OS2.Pd/c1-3-7-33-29(5-1)37-35(48-33)15-13-27-25-11-9-23(21-31(25)41-43-17-19-45(41)39(27)37)47-24-10-12-26-28-14-16-36-38(30-6-2-4-8-34(30)49-36)40(28)46-20-18-44-42(46)32(26)22-24;/h1-20H;/q-2;+2. The minimum atomic E-state index is 0. The van der Waals surface area contributed by atoms with Gasteiger partial charge in [-0.25, -0.2) is 0 Å². The summed E-state index contributed by atoms with van der Waals surface area (Å²) in [6.45, 7) is 0. The van der Waals surface area contributed by atoms with Crippen LogP contribution in [0.25, 0.3) is 95.0 Å². The molecule has 0 radical (unpaired) electrons. The van der Waals surface area contributed by atoms with Crippen LogP contribution in [0.15, 0.2) is 122 Å². The van der Waals surface area contributed by atoms with Crippen molar-refractivity contribution in [2.24, 2.45) is 0 Å². The Bertz CT molecular complexity index is 3160. The molecule has 0 aliphatic heterocycles. The minimum Gasteiger partial charge on any atom is -0.497 e. The van der Waals surface area contributed by atoms with Crippen LogP contribution in [-0.2, 0) is 20.4 Å². The van der Waals surface area contributed by atoms with Crippen molar-refractivity contribution in [1.82, 2.24) is 18.8 Å². The van der Waals surface area contributed by atoms with Gasteiger partial charge in [-0.2, -0.15) is 0 Å². The third kappa shape index (κ3) is 3.74. The fraction of sp³-hybridized carbons (Fsp3) is 0. The van der Waals surface area contributed by atoms with E-state index in [-0.39, 0.29) is 20.4 Å². The van der Waals surface area contributed by atoms with Crippen LogP contribution in [-0.4, -0.2) is 18.8 Å². The number of ether oxygens (including phenoxy) is 1. The first-order valence-electron chi connectivity index (χ1n) is 16.1. The number of hydrogen-bond donors (Lipinski definition) is 0. The van der Waals surface area contributed by atoms with E-state index >= 15 is 0 Å². The number of pyridine rings is 2. The van der Waals surface area contributed by atoms with Gasteiger partial charge >= 0.3 is 20.4 Å². The third-order valence-corrected chi connectivity index (χ3v) is 12.2. The largest absolute Gasteiger partial charge is 2.00 e. The first-order chi connectivity index (χ1) is 24.3. The first-order valence-corrected chi connectivity index (χ1v) is 17.7. The summed E-state index contributed by atoms with van der Waals surface area (Å²) in [6, 6.07) is 41.6. The first kappa shape index (κ1) is 28.5. The van der Waals surface area contributed by atoms with E-state index in [1.807, 2.05) is 59.6 Å². The molecular weight excluding hydrogens is 747 g/mol. The van der Waals surface area contributed by atoms with Gasteiger partial charge in [-0.3, -0.25) is 9.97 Å². The molecule has 0 spiro atoms. The van der Waals surface area contributed by atoms with E-state index in [2.05, 4.69) is 106 Å². The molecule has 6 heterocycles. The molecule has 12 aromatic rings. The Morgan fingerprint density at radius 2 is 0.940 bits per heavy atom. The fourth-order valence-electron chi connectivity index (χ4n) is 7.86. The van der Waals surface area contributed by atoms with Crippen LogP contribution in [0.4, 0.5) is 0 Å².